The second-order valence-electron chi connectivity index (χ2n) is 6.16. The molecule has 108 valence electrons. The van der Waals surface area contributed by atoms with Gasteiger partial charge in [-0.05, 0) is 42.8 Å². The molecule has 0 amide bonds. The number of hydrogen-bond donors (Lipinski definition) is 2. The van der Waals surface area contributed by atoms with Crippen LogP contribution in [0.15, 0.2) is 30.3 Å². The van der Waals surface area contributed by atoms with E-state index in [2.05, 4.69) is 57.3 Å². The highest BCUT2D eigenvalue weighted by atomic mass is 14.9. The van der Waals surface area contributed by atoms with Crippen molar-refractivity contribution >= 4 is 0 Å². The van der Waals surface area contributed by atoms with Crippen molar-refractivity contribution in [2.45, 2.75) is 40.2 Å². The Kier molecular flexibility index (Phi) is 7.11. The van der Waals surface area contributed by atoms with Crippen LogP contribution >= 0.6 is 0 Å². The van der Waals surface area contributed by atoms with Crippen LogP contribution in [0.4, 0.5) is 0 Å². The first-order chi connectivity index (χ1) is 9.02. The molecular formula is C17H30N2. The lowest BCUT2D eigenvalue weighted by molar-refractivity contribution is 0.275. The molecule has 0 radical (unpaired) electrons. The topological polar surface area (TPSA) is 38.0 Å². The van der Waals surface area contributed by atoms with Crippen molar-refractivity contribution in [2.24, 2.45) is 23.5 Å². The number of benzene rings is 1. The Bertz CT molecular complexity index is 324. The van der Waals surface area contributed by atoms with Crippen molar-refractivity contribution in [3.8, 4) is 0 Å². The molecular weight excluding hydrogens is 232 g/mol. The van der Waals surface area contributed by atoms with E-state index in [0.717, 1.165) is 37.3 Å². The maximum atomic E-state index is 6.19. The molecule has 0 saturated carbocycles. The van der Waals surface area contributed by atoms with E-state index in [9.17, 15) is 0 Å². The minimum Gasteiger partial charge on any atom is -0.324 e. The normalized spacial score (nSPS) is 13.5. The molecule has 1 aromatic rings. The van der Waals surface area contributed by atoms with E-state index in [1.165, 1.54) is 5.56 Å². The zero-order chi connectivity index (χ0) is 14.3. The van der Waals surface area contributed by atoms with E-state index in [1.54, 1.807) is 0 Å². The predicted octanol–water partition coefficient (Wildman–Crippen LogP) is 3.59. The fourth-order valence-electron chi connectivity index (χ4n) is 2.63. The SMILES string of the molecule is CC(C)C(CNCCC(N)c1ccccc1)C(C)C. The Labute approximate surface area is 118 Å². The van der Waals surface area contributed by atoms with Crippen LogP contribution in [0, 0.1) is 17.8 Å². The Hall–Kier alpha value is -0.860. The van der Waals surface area contributed by atoms with Crippen LogP contribution in [-0.4, -0.2) is 13.1 Å². The third-order valence-corrected chi connectivity index (χ3v) is 3.95. The van der Waals surface area contributed by atoms with Crippen molar-refractivity contribution in [2.75, 3.05) is 13.1 Å². The molecule has 0 aliphatic carbocycles. The number of hydrogen-bond acceptors (Lipinski definition) is 2. The Morgan fingerprint density at radius 2 is 1.58 bits per heavy atom. The maximum absolute atomic E-state index is 6.19. The zero-order valence-corrected chi connectivity index (χ0v) is 12.9. The van der Waals surface area contributed by atoms with Gasteiger partial charge in [0.05, 0.1) is 0 Å². The highest BCUT2D eigenvalue weighted by Gasteiger charge is 2.16. The van der Waals surface area contributed by atoms with Gasteiger partial charge in [0.25, 0.3) is 0 Å². The number of nitrogens with one attached hydrogen (secondary N) is 1. The third kappa shape index (κ3) is 5.75. The lowest BCUT2D eigenvalue weighted by Crippen LogP contribution is -2.31. The van der Waals surface area contributed by atoms with E-state index in [4.69, 9.17) is 5.73 Å². The van der Waals surface area contributed by atoms with Crippen LogP contribution in [0.1, 0.15) is 45.7 Å². The molecule has 0 saturated heterocycles. The average Bonchev–Trinajstić information content (AvgIpc) is 2.38. The van der Waals surface area contributed by atoms with Gasteiger partial charge in [0.2, 0.25) is 0 Å². The van der Waals surface area contributed by atoms with E-state index in [1.807, 2.05) is 6.07 Å². The van der Waals surface area contributed by atoms with Gasteiger partial charge in [-0.15, -0.1) is 0 Å². The van der Waals surface area contributed by atoms with Crippen molar-refractivity contribution in [3.63, 3.8) is 0 Å². The maximum Gasteiger partial charge on any atom is 0.0306 e. The molecule has 0 aromatic heterocycles. The first-order valence-electron chi connectivity index (χ1n) is 7.53. The molecule has 0 aliphatic heterocycles. The summed E-state index contributed by atoms with van der Waals surface area (Å²) in [6.07, 6.45) is 0.993. The van der Waals surface area contributed by atoms with Crippen molar-refractivity contribution in [1.29, 1.82) is 0 Å². The molecule has 2 heteroatoms. The summed E-state index contributed by atoms with van der Waals surface area (Å²) in [4.78, 5) is 0. The molecule has 1 aromatic carbocycles. The predicted molar refractivity (Wildman–Crippen MR) is 84.0 cm³/mol. The molecule has 1 unspecified atom stereocenters. The minimum absolute atomic E-state index is 0.144. The molecule has 1 atom stereocenters. The fourth-order valence-corrected chi connectivity index (χ4v) is 2.63. The van der Waals surface area contributed by atoms with Gasteiger partial charge in [0, 0.05) is 6.04 Å². The highest BCUT2D eigenvalue weighted by Crippen LogP contribution is 2.19. The molecule has 0 heterocycles. The van der Waals surface area contributed by atoms with Gasteiger partial charge in [-0.2, -0.15) is 0 Å². The van der Waals surface area contributed by atoms with E-state index in [-0.39, 0.29) is 6.04 Å². The van der Waals surface area contributed by atoms with Crippen molar-refractivity contribution in [3.05, 3.63) is 35.9 Å². The second-order valence-corrected chi connectivity index (χ2v) is 6.16. The van der Waals surface area contributed by atoms with Gasteiger partial charge in [-0.1, -0.05) is 58.0 Å². The number of rotatable bonds is 8. The van der Waals surface area contributed by atoms with E-state index >= 15 is 0 Å². The van der Waals surface area contributed by atoms with Crippen LogP contribution in [0.5, 0.6) is 0 Å². The summed E-state index contributed by atoms with van der Waals surface area (Å²) in [5.74, 6) is 2.21. The van der Waals surface area contributed by atoms with Gasteiger partial charge < -0.3 is 11.1 Å². The summed E-state index contributed by atoms with van der Waals surface area (Å²) in [7, 11) is 0. The summed E-state index contributed by atoms with van der Waals surface area (Å²) in [6.45, 7) is 11.3. The lowest BCUT2D eigenvalue weighted by Gasteiger charge is -2.25. The summed E-state index contributed by atoms with van der Waals surface area (Å²) in [5, 5.41) is 3.57. The Balaban J connectivity index is 2.27. The first kappa shape index (κ1) is 16.2. The summed E-state index contributed by atoms with van der Waals surface area (Å²) < 4.78 is 0. The fraction of sp³-hybridized carbons (Fsp3) is 0.647. The Morgan fingerprint density at radius 1 is 1.00 bits per heavy atom. The molecule has 0 bridgehead atoms. The van der Waals surface area contributed by atoms with Crippen LogP contribution in [-0.2, 0) is 0 Å². The number of nitrogens with two attached hydrogens (primary N) is 1. The molecule has 0 spiro atoms. The first-order valence-corrected chi connectivity index (χ1v) is 7.53. The molecule has 0 fully saturated rings. The van der Waals surface area contributed by atoms with Crippen LogP contribution in [0.2, 0.25) is 0 Å². The van der Waals surface area contributed by atoms with Gasteiger partial charge in [0.1, 0.15) is 0 Å². The quantitative estimate of drug-likeness (QED) is 0.703. The average molecular weight is 262 g/mol. The highest BCUT2D eigenvalue weighted by molar-refractivity contribution is 5.18. The molecule has 0 aliphatic rings. The molecule has 3 N–H and O–H groups in total. The third-order valence-electron chi connectivity index (χ3n) is 3.95. The van der Waals surface area contributed by atoms with E-state index < -0.39 is 0 Å². The molecule has 1 rings (SSSR count). The standard InChI is InChI=1S/C17H30N2/c1-13(2)16(14(3)4)12-19-11-10-17(18)15-8-6-5-7-9-15/h5-9,13-14,16-17,19H,10-12,18H2,1-4H3. The minimum atomic E-state index is 0.144. The zero-order valence-electron chi connectivity index (χ0n) is 12.9. The van der Waals surface area contributed by atoms with Gasteiger partial charge in [-0.25, -0.2) is 0 Å². The lowest BCUT2D eigenvalue weighted by atomic mass is 9.85. The van der Waals surface area contributed by atoms with Gasteiger partial charge in [-0.3, -0.25) is 0 Å². The molecule has 2 nitrogen and oxygen atoms in total. The van der Waals surface area contributed by atoms with Gasteiger partial charge >= 0.3 is 0 Å². The van der Waals surface area contributed by atoms with Crippen LogP contribution in [0.3, 0.4) is 0 Å². The smallest absolute Gasteiger partial charge is 0.0306 e. The monoisotopic (exact) mass is 262 g/mol. The summed E-state index contributed by atoms with van der Waals surface area (Å²) in [5.41, 5.74) is 7.42. The summed E-state index contributed by atoms with van der Waals surface area (Å²) in [6, 6.07) is 10.5. The molecule has 19 heavy (non-hydrogen) atoms. The van der Waals surface area contributed by atoms with E-state index in [0.29, 0.717) is 0 Å². The van der Waals surface area contributed by atoms with Crippen molar-refractivity contribution < 1.29 is 0 Å². The van der Waals surface area contributed by atoms with Gasteiger partial charge in [0.15, 0.2) is 0 Å². The second kappa shape index (κ2) is 8.34. The van der Waals surface area contributed by atoms with Crippen LogP contribution < -0.4 is 11.1 Å². The Morgan fingerprint density at radius 3 is 2.11 bits per heavy atom. The van der Waals surface area contributed by atoms with Crippen LogP contribution in [0.25, 0.3) is 0 Å². The largest absolute Gasteiger partial charge is 0.324 e. The summed E-state index contributed by atoms with van der Waals surface area (Å²) >= 11 is 0. The van der Waals surface area contributed by atoms with Crippen molar-refractivity contribution in [1.82, 2.24) is 5.32 Å².